The van der Waals surface area contributed by atoms with Crippen molar-refractivity contribution in [3.8, 4) is 0 Å². The summed E-state index contributed by atoms with van der Waals surface area (Å²) in [6, 6.07) is 5.35. The minimum Gasteiger partial charge on any atom is -0.378 e. The Bertz CT molecular complexity index is 1220. The zero-order valence-electron chi connectivity index (χ0n) is 15.8. The van der Waals surface area contributed by atoms with Gasteiger partial charge in [0.05, 0.1) is 18.4 Å². The van der Waals surface area contributed by atoms with Crippen molar-refractivity contribution >= 4 is 15.9 Å². The number of nitrogens with zero attached hydrogens (tertiary/aromatic N) is 5. The van der Waals surface area contributed by atoms with Gasteiger partial charge in [0.25, 0.3) is 22.4 Å². The first kappa shape index (κ1) is 21.1. The fourth-order valence-electron chi connectivity index (χ4n) is 3.24. The lowest BCUT2D eigenvalue weighted by Gasteiger charge is -2.20. The van der Waals surface area contributed by atoms with E-state index >= 15 is 0 Å². The quantitative estimate of drug-likeness (QED) is 0.600. The summed E-state index contributed by atoms with van der Waals surface area (Å²) in [4.78, 5) is 13.5. The molecule has 1 amide bonds. The molecule has 1 aliphatic heterocycles. The van der Waals surface area contributed by atoms with Crippen LogP contribution in [0.25, 0.3) is 0 Å². The molecule has 2 aromatic heterocycles. The number of hydrogen-bond donors (Lipinski definition) is 1. The van der Waals surface area contributed by atoms with E-state index in [-0.39, 0.29) is 29.2 Å². The van der Waals surface area contributed by atoms with Gasteiger partial charge in [0, 0.05) is 30.1 Å². The summed E-state index contributed by atoms with van der Waals surface area (Å²) in [7, 11) is -4.16. The van der Waals surface area contributed by atoms with E-state index in [9.17, 15) is 31.5 Å². The van der Waals surface area contributed by atoms with E-state index < -0.39 is 40.8 Å². The predicted molar refractivity (Wildman–Crippen MR) is 98.7 cm³/mol. The van der Waals surface area contributed by atoms with Gasteiger partial charge in [0.15, 0.2) is 6.10 Å². The first-order chi connectivity index (χ1) is 14.7. The standard InChI is InChI=1S/C18H16F3N5O4S/c19-14-4-2-1-3-13(14)17(27)18(28)24-6-11-7-26(23-15(11)9-24)31(29,30)12-5-22-25(8-12)10-16(20)21/h1-5,7-8,16-17,27H,6,9-10H2/t17-/m0/s1. The van der Waals surface area contributed by atoms with Gasteiger partial charge in [-0.05, 0) is 6.07 Å². The molecule has 0 saturated heterocycles. The molecular weight excluding hydrogens is 439 g/mol. The topological polar surface area (TPSA) is 110 Å². The molecule has 13 heteroatoms. The van der Waals surface area contributed by atoms with Crippen LogP contribution in [0.1, 0.15) is 22.9 Å². The molecule has 1 atom stereocenters. The Morgan fingerprint density at radius 2 is 1.94 bits per heavy atom. The van der Waals surface area contributed by atoms with Crippen molar-refractivity contribution in [2.24, 2.45) is 0 Å². The lowest BCUT2D eigenvalue weighted by molar-refractivity contribution is -0.141. The number of benzene rings is 1. The fraction of sp³-hybridized carbons (Fsp3) is 0.278. The second-order valence-corrected chi connectivity index (χ2v) is 8.68. The van der Waals surface area contributed by atoms with E-state index in [1.807, 2.05) is 0 Å². The average Bonchev–Trinajstić information content (AvgIpc) is 3.41. The molecule has 3 heterocycles. The van der Waals surface area contributed by atoms with Crippen LogP contribution in [-0.4, -0.2) is 49.7 Å². The summed E-state index contributed by atoms with van der Waals surface area (Å²) >= 11 is 0. The summed E-state index contributed by atoms with van der Waals surface area (Å²) in [5, 5.41) is 17.8. The van der Waals surface area contributed by atoms with Gasteiger partial charge in [-0.25, -0.2) is 13.2 Å². The molecule has 164 valence electrons. The van der Waals surface area contributed by atoms with Gasteiger partial charge in [0.2, 0.25) is 0 Å². The minimum absolute atomic E-state index is 0.0279. The molecule has 9 nitrogen and oxygen atoms in total. The van der Waals surface area contributed by atoms with E-state index in [2.05, 4.69) is 10.2 Å². The molecule has 0 aliphatic carbocycles. The summed E-state index contributed by atoms with van der Waals surface area (Å²) in [6.45, 7) is -0.848. The third-order valence-corrected chi connectivity index (χ3v) is 6.27. The first-order valence-electron chi connectivity index (χ1n) is 9.01. The lowest BCUT2D eigenvalue weighted by Crippen LogP contribution is -2.31. The predicted octanol–water partition coefficient (Wildman–Crippen LogP) is 1.30. The Hall–Kier alpha value is -3.19. The summed E-state index contributed by atoms with van der Waals surface area (Å²) in [6.07, 6.45) is -1.26. The van der Waals surface area contributed by atoms with Crippen molar-refractivity contribution < 1.29 is 31.5 Å². The molecule has 0 fully saturated rings. The molecule has 1 N–H and O–H groups in total. The van der Waals surface area contributed by atoms with Crippen LogP contribution in [-0.2, 0) is 34.5 Å². The highest BCUT2D eigenvalue weighted by Crippen LogP contribution is 2.27. The van der Waals surface area contributed by atoms with Crippen molar-refractivity contribution in [1.82, 2.24) is 23.9 Å². The van der Waals surface area contributed by atoms with Crippen molar-refractivity contribution in [2.75, 3.05) is 0 Å². The zero-order chi connectivity index (χ0) is 22.3. The van der Waals surface area contributed by atoms with Gasteiger partial charge in [-0.1, -0.05) is 18.2 Å². The normalized spacial score (nSPS) is 14.8. The van der Waals surface area contributed by atoms with Crippen molar-refractivity contribution in [3.05, 3.63) is 65.5 Å². The lowest BCUT2D eigenvalue weighted by atomic mass is 10.1. The Labute approximate surface area is 174 Å². The molecule has 1 aliphatic rings. The van der Waals surface area contributed by atoms with Crippen molar-refractivity contribution in [3.63, 3.8) is 0 Å². The van der Waals surface area contributed by atoms with Gasteiger partial charge in [-0.3, -0.25) is 9.48 Å². The average molecular weight is 455 g/mol. The zero-order valence-corrected chi connectivity index (χ0v) is 16.6. The van der Waals surface area contributed by atoms with Crippen LogP contribution in [0.5, 0.6) is 0 Å². The molecule has 31 heavy (non-hydrogen) atoms. The van der Waals surface area contributed by atoms with E-state index in [0.29, 0.717) is 9.65 Å². The maximum atomic E-state index is 13.8. The van der Waals surface area contributed by atoms with Gasteiger partial charge in [-0.2, -0.15) is 22.7 Å². The molecule has 0 bridgehead atoms. The first-order valence-corrected chi connectivity index (χ1v) is 10.5. The van der Waals surface area contributed by atoms with Crippen LogP contribution < -0.4 is 0 Å². The fourth-order valence-corrected chi connectivity index (χ4v) is 4.36. The molecule has 0 unspecified atom stereocenters. The van der Waals surface area contributed by atoms with E-state index in [1.165, 1.54) is 29.3 Å². The van der Waals surface area contributed by atoms with Gasteiger partial charge in [-0.15, -0.1) is 0 Å². The summed E-state index contributed by atoms with van der Waals surface area (Å²) < 4.78 is 65.6. The number of carbonyl (C=O) groups excluding carboxylic acids is 1. The maximum absolute atomic E-state index is 13.8. The van der Waals surface area contributed by atoms with Crippen LogP contribution in [0.2, 0.25) is 0 Å². The SMILES string of the molecule is O=C([C@@H](O)c1ccccc1F)N1Cc2cn(S(=O)(=O)c3cnn(CC(F)F)c3)nc2C1. The highest BCUT2D eigenvalue weighted by Gasteiger charge is 2.33. The third-order valence-electron chi connectivity index (χ3n) is 4.78. The smallest absolute Gasteiger partial charge is 0.286 e. The van der Waals surface area contributed by atoms with Crippen LogP contribution in [0.3, 0.4) is 0 Å². The van der Waals surface area contributed by atoms with Crippen molar-refractivity contribution in [2.45, 2.75) is 37.1 Å². The molecular formula is C18H16F3N5O4S. The number of rotatable bonds is 6. The highest BCUT2D eigenvalue weighted by molar-refractivity contribution is 7.89. The number of carbonyl (C=O) groups is 1. The van der Waals surface area contributed by atoms with Gasteiger partial charge >= 0.3 is 0 Å². The van der Waals surface area contributed by atoms with E-state index in [0.717, 1.165) is 23.1 Å². The number of halogens is 3. The van der Waals surface area contributed by atoms with Crippen LogP contribution in [0.15, 0.2) is 47.8 Å². The minimum atomic E-state index is -4.16. The number of fused-ring (bicyclic) bond motifs is 1. The Kier molecular flexibility index (Phi) is 5.31. The van der Waals surface area contributed by atoms with Gasteiger partial charge in [0.1, 0.15) is 17.3 Å². The Balaban J connectivity index is 1.50. The van der Waals surface area contributed by atoms with Crippen LogP contribution in [0, 0.1) is 5.82 Å². The van der Waals surface area contributed by atoms with E-state index in [1.54, 1.807) is 0 Å². The highest BCUT2D eigenvalue weighted by atomic mass is 32.2. The molecule has 1 aromatic carbocycles. The summed E-state index contributed by atoms with van der Waals surface area (Å²) in [5.41, 5.74) is 0.556. The van der Waals surface area contributed by atoms with Crippen molar-refractivity contribution in [1.29, 1.82) is 0 Å². The van der Waals surface area contributed by atoms with E-state index in [4.69, 9.17) is 0 Å². The molecule has 0 radical (unpaired) electrons. The maximum Gasteiger partial charge on any atom is 0.286 e. The number of amides is 1. The van der Waals surface area contributed by atoms with Gasteiger partial charge < -0.3 is 10.0 Å². The molecule has 4 rings (SSSR count). The number of hydrogen-bond acceptors (Lipinski definition) is 6. The number of aliphatic hydroxyl groups is 1. The second kappa shape index (κ2) is 7.81. The molecule has 3 aromatic rings. The molecule has 0 saturated carbocycles. The monoisotopic (exact) mass is 455 g/mol. The summed E-state index contributed by atoms with van der Waals surface area (Å²) in [5.74, 6) is -1.46. The molecule has 0 spiro atoms. The third kappa shape index (κ3) is 3.93. The van der Waals surface area contributed by atoms with Crippen LogP contribution in [0.4, 0.5) is 13.2 Å². The Morgan fingerprint density at radius 1 is 1.19 bits per heavy atom. The largest absolute Gasteiger partial charge is 0.378 e. The number of aromatic nitrogens is 4. The Morgan fingerprint density at radius 3 is 2.61 bits per heavy atom. The number of aliphatic hydroxyl groups excluding tert-OH is 1. The number of alkyl halides is 2. The second-order valence-electron chi connectivity index (χ2n) is 6.89. The van der Waals surface area contributed by atoms with Crippen LogP contribution >= 0.6 is 0 Å².